The molecule has 2 N–H and O–H groups in total. The van der Waals surface area contributed by atoms with Crippen LogP contribution in [0.25, 0.3) is 5.76 Å². The minimum atomic E-state index is -3.63. The molecule has 0 fully saturated rings. The quantitative estimate of drug-likeness (QED) is 0.745. The van der Waals surface area contributed by atoms with Crippen LogP contribution in [-0.2, 0) is 14.8 Å². The first-order chi connectivity index (χ1) is 14.3. The normalized spacial score (nSPS) is 20.0. The number of hydrogen-bond donors (Lipinski definition) is 2. The fourth-order valence-corrected chi connectivity index (χ4v) is 5.71. The summed E-state index contributed by atoms with van der Waals surface area (Å²) in [5, 5.41) is 10.7. The summed E-state index contributed by atoms with van der Waals surface area (Å²) >= 11 is 1.19. The Bertz CT molecular complexity index is 1370. The van der Waals surface area contributed by atoms with Crippen molar-refractivity contribution in [3.05, 3.63) is 70.1 Å². The van der Waals surface area contributed by atoms with Crippen molar-refractivity contribution in [1.82, 2.24) is 4.72 Å². The highest BCUT2D eigenvalue weighted by atomic mass is 32.2. The fourth-order valence-electron chi connectivity index (χ4n) is 3.81. The largest absolute Gasteiger partial charge is 0.507 e. The number of hydrogen-bond acceptors (Lipinski definition) is 7. The van der Waals surface area contributed by atoms with Crippen molar-refractivity contribution in [2.75, 3.05) is 7.05 Å². The summed E-state index contributed by atoms with van der Waals surface area (Å²) in [5.41, 5.74) is 1.59. The number of benzene rings is 2. The van der Waals surface area contributed by atoms with E-state index < -0.39 is 21.7 Å². The van der Waals surface area contributed by atoms with Crippen LogP contribution in [-0.4, -0.2) is 37.9 Å². The lowest BCUT2D eigenvalue weighted by molar-refractivity contribution is -0.111. The fraction of sp³-hybridized carbons (Fsp3) is 0.0952. The number of aliphatic hydroxyl groups is 1. The number of rotatable bonds is 2. The SMILES string of the molecule is CNS(=O)(=O)c1ccc2c(c1)SC1=CC(=O)C3=C(O)c4ccccc4C(=O)C3C1=N2. The van der Waals surface area contributed by atoms with Gasteiger partial charge in [-0.2, -0.15) is 0 Å². The maximum Gasteiger partial charge on any atom is 0.240 e. The van der Waals surface area contributed by atoms with Gasteiger partial charge in [0.15, 0.2) is 11.6 Å². The molecule has 0 radical (unpaired) electrons. The highest BCUT2D eigenvalue weighted by molar-refractivity contribution is 8.04. The molecule has 0 bridgehead atoms. The Morgan fingerprint density at radius 2 is 1.83 bits per heavy atom. The van der Waals surface area contributed by atoms with E-state index in [0.717, 1.165) is 0 Å². The van der Waals surface area contributed by atoms with Gasteiger partial charge in [0.05, 0.1) is 27.8 Å². The molecule has 1 unspecified atom stereocenters. The van der Waals surface area contributed by atoms with Gasteiger partial charge in [-0.3, -0.25) is 9.59 Å². The van der Waals surface area contributed by atoms with E-state index in [2.05, 4.69) is 9.71 Å². The van der Waals surface area contributed by atoms with Crippen LogP contribution >= 0.6 is 11.8 Å². The Kier molecular flexibility index (Phi) is 4.11. The molecule has 1 aliphatic heterocycles. The molecular weight excluding hydrogens is 424 g/mol. The van der Waals surface area contributed by atoms with Crippen LogP contribution in [0.4, 0.5) is 5.69 Å². The van der Waals surface area contributed by atoms with Gasteiger partial charge in [-0.1, -0.05) is 36.0 Å². The van der Waals surface area contributed by atoms with Gasteiger partial charge in [-0.25, -0.2) is 18.1 Å². The molecule has 0 saturated carbocycles. The van der Waals surface area contributed by atoms with E-state index >= 15 is 0 Å². The molecule has 2 aromatic rings. The molecule has 30 heavy (non-hydrogen) atoms. The zero-order valence-electron chi connectivity index (χ0n) is 15.5. The third-order valence-corrected chi connectivity index (χ3v) is 7.78. The Hall–Kier alpha value is -3.01. The summed E-state index contributed by atoms with van der Waals surface area (Å²) in [5.74, 6) is -1.95. The molecule has 2 aromatic carbocycles. The van der Waals surface area contributed by atoms with Crippen molar-refractivity contribution in [3.8, 4) is 0 Å². The van der Waals surface area contributed by atoms with E-state index in [1.165, 1.54) is 37.0 Å². The lowest BCUT2D eigenvalue weighted by Crippen LogP contribution is -2.37. The smallest absolute Gasteiger partial charge is 0.240 e. The van der Waals surface area contributed by atoms with Gasteiger partial charge in [0, 0.05) is 27.0 Å². The van der Waals surface area contributed by atoms with Crippen molar-refractivity contribution in [1.29, 1.82) is 0 Å². The third-order valence-electron chi connectivity index (χ3n) is 5.28. The van der Waals surface area contributed by atoms with Crippen LogP contribution in [0.2, 0.25) is 0 Å². The summed E-state index contributed by atoms with van der Waals surface area (Å²) in [6, 6.07) is 11.1. The van der Waals surface area contributed by atoms with Crippen LogP contribution in [0.3, 0.4) is 0 Å². The van der Waals surface area contributed by atoms with Crippen molar-refractivity contribution < 1.29 is 23.1 Å². The predicted octanol–water partition coefficient (Wildman–Crippen LogP) is 3.02. The molecule has 1 heterocycles. The van der Waals surface area contributed by atoms with Crippen molar-refractivity contribution in [2.45, 2.75) is 9.79 Å². The number of ketones is 2. The summed E-state index contributed by atoms with van der Waals surface area (Å²) < 4.78 is 26.5. The van der Waals surface area contributed by atoms with Crippen LogP contribution in [0.15, 0.2) is 73.8 Å². The molecule has 0 saturated heterocycles. The van der Waals surface area contributed by atoms with Gasteiger partial charge in [0.1, 0.15) is 5.76 Å². The first-order valence-electron chi connectivity index (χ1n) is 8.99. The van der Waals surface area contributed by atoms with E-state index in [4.69, 9.17) is 0 Å². The van der Waals surface area contributed by atoms with E-state index in [1.807, 2.05) is 0 Å². The number of nitrogens with one attached hydrogen (secondary N) is 1. The van der Waals surface area contributed by atoms with Gasteiger partial charge in [0.2, 0.25) is 10.0 Å². The summed E-state index contributed by atoms with van der Waals surface area (Å²) in [6.07, 6.45) is 1.34. The second kappa shape index (κ2) is 6.49. The molecule has 5 rings (SSSR count). The Morgan fingerprint density at radius 1 is 1.10 bits per heavy atom. The standard InChI is InChI=1S/C21H14N2O5S2/c1-22-30(27,28)10-6-7-13-15(8-10)29-16-9-14(24)17-18(19(16)23-13)21(26)12-5-3-2-4-11(12)20(17)25/h2-9,18,22,25H,1H3. The van der Waals surface area contributed by atoms with Crippen molar-refractivity contribution in [3.63, 3.8) is 0 Å². The minimum Gasteiger partial charge on any atom is -0.507 e. The van der Waals surface area contributed by atoms with Crippen molar-refractivity contribution in [2.24, 2.45) is 10.9 Å². The highest BCUT2D eigenvalue weighted by Gasteiger charge is 2.45. The number of nitrogens with zero attached hydrogens (tertiary/aromatic N) is 1. The maximum atomic E-state index is 13.2. The molecule has 0 spiro atoms. The lowest BCUT2D eigenvalue weighted by atomic mass is 9.74. The average Bonchev–Trinajstić information content (AvgIpc) is 2.75. The summed E-state index contributed by atoms with van der Waals surface area (Å²) in [7, 11) is -2.31. The molecule has 3 aliphatic rings. The predicted molar refractivity (Wildman–Crippen MR) is 113 cm³/mol. The molecule has 7 nitrogen and oxygen atoms in total. The second-order valence-electron chi connectivity index (χ2n) is 6.91. The van der Waals surface area contributed by atoms with Crippen LogP contribution in [0.5, 0.6) is 0 Å². The molecule has 2 aliphatic carbocycles. The zero-order chi connectivity index (χ0) is 21.2. The summed E-state index contributed by atoms with van der Waals surface area (Å²) in [6.45, 7) is 0. The average molecular weight is 438 g/mol. The number of allylic oxidation sites excluding steroid dienone is 3. The number of aliphatic imine (C=N–C) groups is 1. The third kappa shape index (κ3) is 2.63. The number of fused-ring (bicyclic) bond motifs is 5. The van der Waals surface area contributed by atoms with Gasteiger partial charge >= 0.3 is 0 Å². The van der Waals surface area contributed by atoms with E-state index in [0.29, 0.717) is 32.3 Å². The minimum absolute atomic E-state index is 0.0274. The van der Waals surface area contributed by atoms with E-state index in [9.17, 15) is 23.1 Å². The summed E-state index contributed by atoms with van der Waals surface area (Å²) in [4.78, 5) is 31.8. The second-order valence-corrected chi connectivity index (χ2v) is 9.88. The molecular formula is C21H14N2O5S2. The number of carbonyl (C=O) groups is 2. The van der Waals surface area contributed by atoms with Crippen LogP contribution in [0.1, 0.15) is 15.9 Å². The van der Waals surface area contributed by atoms with Gasteiger partial charge in [0.25, 0.3) is 0 Å². The van der Waals surface area contributed by atoms with Gasteiger partial charge < -0.3 is 5.11 Å². The molecule has 150 valence electrons. The Morgan fingerprint density at radius 3 is 2.57 bits per heavy atom. The lowest BCUT2D eigenvalue weighted by Gasteiger charge is -2.32. The molecule has 1 atom stereocenters. The number of carbonyl (C=O) groups excluding carboxylic acids is 2. The highest BCUT2D eigenvalue weighted by Crippen LogP contribution is 2.48. The van der Waals surface area contributed by atoms with Crippen molar-refractivity contribution >= 4 is 50.5 Å². The maximum absolute atomic E-state index is 13.2. The zero-order valence-corrected chi connectivity index (χ0v) is 17.2. The van der Waals surface area contributed by atoms with Crippen LogP contribution < -0.4 is 4.72 Å². The van der Waals surface area contributed by atoms with E-state index in [1.54, 1.807) is 30.3 Å². The topological polar surface area (TPSA) is 113 Å². The van der Waals surface area contributed by atoms with Gasteiger partial charge in [-0.15, -0.1) is 0 Å². The Labute approximate surface area is 176 Å². The van der Waals surface area contributed by atoms with E-state index in [-0.39, 0.29) is 22.0 Å². The number of Topliss-reactive ketones (excluding diaryl/α,β-unsaturated/α-hetero) is 1. The number of aliphatic hydroxyl groups excluding tert-OH is 1. The molecule has 9 heteroatoms. The molecule has 0 amide bonds. The first-order valence-corrected chi connectivity index (χ1v) is 11.3. The Balaban J connectivity index is 1.70. The molecule has 0 aromatic heterocycles. The number of sulfonamides is 1. The van der Waals surface area contributed by atoms with Gasteiger partial charge in [-0.05, 0) is 25.2 Å². The van der Waals surface area contributed by atoms with Crippen LogP contribution in [0, 0.1) is 5.92 Å². The monoisotopic (exact) mass is 438 g/mol. The first kappa shape index (κ1) is 19.0. The number of thioether (sulfide) groups is 1.